The largest absolute Gasteiger partial charge is 0.418 e. The van der Waals surface area contributed by atoms with Crippen LogP contribution in [0, 0.1) is 5.82 Å². The molecule has 0 spiro atoms. The van der Waals surface area contributed by atoms with Crippen LogP contribution in [0.4, 0.5) is 28.9 Å². The molecule has 0 unspecified atom stereocenters. The van der Waals surface area contributed by atoms with E-state index in [1.165, 1.54) is 19.1 Å². The van der Waals surface area contributed by atoms with Crippen molar-refractivity contribution in [3.8, 4) is 0 Å². The van der Waals surface area contributed by atoms with Gasteiger partial charge in [-0.2, -0.15) is 13.2 Å². The zero-order valence-electron chi connectivity index (χ0n) is 14.3. The maximum absolute atomic E-state index is 13.1. The Labute approximate surface area is 153 Å². The molecule has 0 aliphatic heterocycles. The van der Waals surface area contributed by atoms with E-state index in [4.69, 9.17) is 0 Å². The van der Waals surface area contributed by atoms with Gasteiger partial charge in [0, 0.05) is 0 Å². The van der Waals surface area contributed by atoms with Crippen LogP contribution >= 0.6 is 0 Å². The van der Waals surface area contributed by atoms with Crippen molar-refractivity contribution >= 4 is 27.3 Å². The summed E-state index contributed by atoms with van der Waals surface area (Å²) in [6.07, 6.45) is -3.86. The summed E-state index contributed by atoms with van der Waals surface area (Å²) in [6, 6.07) is 7.30. The van der Waals surface area contributed by atoms with E-state index in [1.54, 1.807) is 0 Å². The summed E-state index contributed by atoms with van der Waals surface area (Å²) in [5.74, 6) is -1.58. The lowest BCUT2D eigenvalue weighted by Crippen LogP contribution is -2.45. The molecular weight excluding hydrogens is 388 g/mol. The first-order valence-electron chi connectivity index (χ1n) is 7.63. The van der Waals surface area contributed by atoms with Gasteiger partial charge in [-0.1, -0.05) is 12.1 Å². The number of nitrogens with one attached hydrogen (secondary N) is 1. The number of nitrogens with zero attached hydrogens (tertiary/aromatic N) is 1. The summed E-state index contributed by atoms with van der Waals surface area (Å²) < 4.78 is 77.2. The monoisotopic (exact) mass is 404 g/mol. The molecule has 1 N–H and O–H groups in total. The summed E-state index contributed by atoms with van der Waals surface area (Å²) in [6.45, 7) is 1.22. The van der Waals surface area contributed by atoms with Gasteiger partial charge in [0.15, 0.2) is 0 Å². The van der Waals surface area contributed by atoms with Crippen LogP contribution in [0.3, 0.4) is 0 Å². The van der Waals surface area contributed by atoms with Crippen LogP contribution in [-0.2, 0) is 21.0 Å². The second kappa shape index (κ2) is 7.55. The van der Waals surface area contributed by atoms with Crippen molar-refractivity contribution in [2.75, 3.05) is 15.9 Å². The van der Waals surface area contributed by atoms with Crippen LogP contribution in [0.25, 0.3) is 0 Å². The molecule has 27 heavy (non-hydrogen) atoms. The molecule has 5 nitrogen and oxygen atoms in total. The Morgan fingerprint density at radius 3 is 2.15 bits per heavy atom. The molecule has 2 aromatic carbocycles. The fraction of sp³-hybridized carbons (Fsp3) is 0.235. The summed E-state index contributed by atoms with van der Waals surface area (Å²) in [5, 5.41) is 2.11. The number of carbonyl (C=O) groups is 1. The molecule has 0 fully saturated rings. The van der Waals surface area contributed by atoms with E-state index in [0.29, 0.717) is 4.31 Å². The van der Waals surface area contributed by atoms with E-state index < -0.39 is 45.2 Å². The van der Waals surface area contributed by atoms with Crippen molar-refractivity contribution in [3.63, 3.8) is 0 Å². The molecule has 0 saturated carbocycles. The third-order valence-electron chi connectivity index (χ3n) is 3.66. The molecule has 10 heteroatoms. The number of sulfonamides is 1. The molecule has 146 valence electrons. The van der Waals surface area contributed by atoms with Crippen LogP contribution in [0.5, 0.6) is 0 Å². The first kappa shape index (κ1) is 20.7. The first-order chi connectivity index (χ1) is 12.4. The lowest BCUT2D eigenvalue weighted by atomic mass is 10.1. The van der Waals surface area contributed by atoms with Gasteiger partial charge in [-0.05, 0) is 43.3 Å². The number of carbonyl (C=O) groups excluding carboxylic acids is 1. The number of benzene rings is 2. The van der Waals surface area contributed by atoms with E-state index in [9.17, 15) is 30.8 Å². The average Bonchev–Trinajstić information content (AvgIpc) is 2.55. The number of rotatable bonds is 5. The molecule has 2 aromatic rings. The van der Waals surface area contributed by atoms with Crippen LogP contribution in [0.1, 0.15) is 12.5 Å². The second-order valence-corrected chi connectivity index (χ2v) is 7.60. The highest BCUT2D eigenvalue weighted by Gasteiger charge is 2.35. The van der Waals surface area contributed by atoms with E-state index in [2.05, 4.69) is 5.32 Å². The van der Waals surface area contributed by atoms with Gasteiger partial charge < -0.3 is 5.32 Å². The van der Waals surface area contributed by atoms with Gasteiger partial charge in [-0.15, -0.1) is 0 Å². The van der Waals surface area contributed by atoms with Crippen molar-refractivity contribution < 1.29 is 30.8 Å². The third-order valence-corrected chi connectivity index (χ3v) is 4.90. The van der Waals surface area contributed by atoms with Gasteiger partial charge in [0.25, 0.3) is 0 Å². The van der Waals surface area contributed by atoms with Crippen molar-refractivity contribution in [1.82, 2.24) is 0 Å². The van der Waals surface area contributed by atoms with E-state index in [1.807, 2.05) is 0 Å². The number of anilines is 2. The molecule has 0 aliphatic carbocycles. The Morgan fingerprint density at radius 1 is 1.07 bits per heavy atom. The van der Waals surface area contributed by atoms with Crippen molar-refractivity contribution in [2.45, 2.75) is 19.1 Å². The molecule has 0 radical (unpaired) electrons. The lowest BCUT2D eigenvalue weighted by molar-refractivity contribution is -0.137. The fourth-order valence-electron chi connectivity index (χ4n) is 2.47. The van der Waals surface area contributed by atoms with Gasteiger partial charge in [0.05, 0.1) is 23.2 Å². The van der Waals surface area contributed by atoms with Gasteiger partial charge in [-0.25, -0.2) is 12.8 Å². The number of hydrogen-bond acceptors (Lipinski definition) is 3. The number of amides is 1. The molecule has 0 aromatic heterocycles. The summed E-state index contributed by atoms with van der Waals surface area (Å²) in [7, 11) is -3.98. The minimum atomic E-state index is -4.69. The predicted molar refractivity (Wildman–Crippen MR) is 93.3 cm³/mol. The molecule has 2 rings (SSSR count). The Morgan fingerprint density at radius 2 is 1.63 bits per heavy atom. The molecule has 0 aliphatic rings. The maximum atomic E-state index is 13.1. The topological polar surface area (TPSA) is 66.5 Å². The summed E-state index contributed by atoms with van der Waals surface area (Å²) in [5.41, 5.74) is -1.54. The normalized spacial score (nSPS) is 13.1. The smallest absolute Gasteiger partial charge is 0.324 e. The van der Waals surface area contributed by atoms with Crippen LogP contribution in [-0.4, -0.2) is 26.6 Å². The number of halogens is 4. The first-order valence-corrected chi connectivity index (χ1v) is 9.48. The zero-order chi connectivity index (χ0) is 20.4. The number of alkyl halides is 3. The molecular formula is C17H16F4N2O3S. The Kier molecular flexibility index (Phi) is 5.79. The quantitative estimate of drug-likeness (QED) is 0.774. The SMILES string of the molecule is C[C@H](C(=O)Nc1ccccc1C(F)(F)F)N(c1ccc(F)cc1)S(C)(=O)=O. The number of para-hydroxylation sites is 1. The molecule has 0 bridgehead atoms. The van der Waals surface area contributed by atoms with Gasteiger partial charge in [0.2, 0.25) is 15.9 Å². The summed E-state index contributed by atoms with van der Waals surface area (Å²) in [4.78, 5) is 12.5. The Hall–Kier alpha value is -2.62. The Balaban J connectivity index is 2.36. The third kappa shape index (κ3) is 4.97. The van der Waals surface area contributed by atoms with Crippen LogP contribution < -0.4 is 9.62 Å². The van der Waals surface area contributed by atoms with Crippen LogP contribution in [0.2, 0.25) is 0 Å². The van der Waals surface area contributed by atoms with Gasteiger partial charge in [-0.3, -0.25) is 9.10 Å². The van der Waals surface area contributed by atoms with E-state index in [0.717, 1.165) is 42.7 Å². The second-order valence-electron chi connectivity index (χ2n) is 5.74. The van der Waals surface area contributed by atoms with E-state index in [-0.39, 0.29) is 5.69 Å². The van der Waals surface area contributed by atoms with Gasteiger partial charge >= 0.3 is 6.18 Å². The maximum Gasteiger partial charge on any atom is 0.418 e. The van der Waals surface area contributed by atoms with Gasteiger partial charge in [0.1, 0.15) is 11.9 Å². The van der Waals surface area contributed by atoms with Crippen molar-refractivity contribution in [2.24, 2.45) is 0 Å². The molecule has 0 heterocycles. The van der Waals surface area contributed by atoms with Crippen molar-refractivity contribution in [3.05, 3.63) is 59.9 Å². The highest BCUT2D eigenvalue weighted by molar-refractivity contribution is 7.92. The van der Waals surface area contributed by atoms with Crippen molar-refractivity contribution in [1.29, 1.82) is 0 Å². The highest BCUT2D eigenvalue weighted by Crippen LogP contribution is 2.34. The molecule has 0 saturated heterocycles. The summed E-state index contributed by atoms with van der Waals surface area (Å²) >= 11 is 0. The fourth-order valence-corrected chi connectivity index (χ4v) is 3.65. The lowest BCUT2D eigenvalue weighted by Gasteiger charge is -2.28. The zero-order valence-corrected chi connectivity index (χ0v) is 15.1. The molecule has 1 amide bonds. The minimum Gasteiger partial charge on any atom is -0.324 e. The average molecular weight is 404 g/mol. The Bertz CT molecular complexity index is 928. The van der Waals surface area contributed by atoms with E-state index >= 15 is 0 Å². The standard InChI is InChI=1S/C17H16F4N2O3S/c1-11(23(27(2,25)26)13-9-7-12(18)8-10-13)16(24)22-15-6-4-3-5-14(15)17(19,20)21/h3-11H,1-2H3,(H,22,24)/t11-/m1/s1. The molecule has 1 atom stereocenters. The highest BCUT2D eigenvalue weighted by atomic mass is 32.2. The van der Waals surface area contributed by atoms with Crippen LogP contribution in [0.15, 0.2) is 48.5 Å². The minimum absolute atomic E-state index is 0.00524. The number of hydrogen-bond donors (Lipinski definition) is 1. The predicted octanol–water partition coefficient (Wildman–Crippen LogP) is 3.64.